The smallest absolute Gasteiger partial charge is 0.256 e. The van der Waals surface area contributed by atoms with E-state index in [1.807, 2.05) is 0 Å². The molecule has 38 heavy (non-hydrogen) atoms. The molecule has 1 spiro atoms. The fourth-order valence-corrected chi connectivity index (χ4v) is 5.11. The van der Waals surface area contributed by atoms with Gasteiger partial charge in [-0.15, -0.1) is 0 Å². The molecule has 7 nitrogen and oxygen atoms in total. The van der Waals surface area contributed by atoms with Crippen LogP contribution in [0.1, 0.15) is 22.4 Å². The van der Waals surface area contributed by atoms with E-state index in [0.29, 0.717) is 39.3 Å². The molecule has 0 aliphatic carbocycles. The first-order valence-corrected chi connectivity index (χ1v) is 11.5. The van der Waals surface area contributed by atoms with Crippen molar-refractivity contribution in [2.24, 2.45) is 10.7 Å². The lowest BCUT2D eigenvalue weighted by Crippen LogP contribution is -2.30. The lowest BCUT2D eigenvalue weighted by Gasteiger charge is -2.36. The van der Waals surface area contributed by atoms with Gasteiger partial charge in [-0.1, -0.05) is 12.1 Å². The molecule has 184 valence electrons. The van der Waals surface area contributed by atoms with Crippen molar-refractivity contribution >= 4 is 5.84 Å². The molecule has 5 aromatic rings. The minimum atomic E-state index is -1.39. The Hall–Kier alpha value is -5.12. The summed E-state index contributed by atoms with van der Waals surface area (Å²) in [6, 6.07) is 16.0. The van der Waals surface area contributed by atoms with Gasteiger partial charge in [-0.2, -0.15) is 13.2 Å². The molecule has 4 aromatic heterocycles. The number of benzene rings is 1. The molecule has 7 rings (SSSR count). The summed E-state index contributed by atoms with van der Waals surface area (Å²) in [5, 5.41) is 0. The van der Waals surface area contributed by atoms with Gasteiger partial charge in [0.05, 0.1) is 5.69 Å². The molecule has 0 saturated carbocycles. The van der Waals surface area contributed by atoms with Gasteiger partial charge in [0.2, 0.25) is 11.9 Å². The van der Waals surface area contributed by atoms with Crippen LogP contribution in [0.4, 0.5) is 13.2 Å². The molecular weight excluding hydrogens is 493 g/mol. The molecule has 6 heterocycles. The number of rotatable bonds is 2. The van der Waals surface area contributed by atoms with Crippen molar-refractivity contribution in [3.05, 3.63) is 119 Å². The van der Waals surface area contributed by atoms with Crippen LogP contribution >= 0.6 is 0 Å². The molecule has 2 aliphatic heterocycles. The Labute approximate surface area is 213 Å². The van der Waals surface area contributed by atoms with Gasteiger partial charge in [0.1, 0.15) is 22.8 Å². The topological polar surface area (TPSA) is 99.2 Å². The van der Waals surface area contributed by atoms with Crippen molar-refractivity contribution in [3.8, 4) is 33.9 Å². The summed E-state index contributed by atoms with van der Waals surface area (Å²) in [6.07, 6.45) is 4.22. The second kappa shape index (κ2) is 7.94. The van der Waals surface area contributed by atoms with Crippen molar-refractivity contribution in [1.82, 2.24) is 19.9 Å². The fraction of sp³-hybridized carbons (Fsp3) is 0.0357. The summed E-state index contributed by atoms with van der Waals surface area (Å²) in [6.45, 7) is 0. The third-order valence-electron chi connectivity index (χ3n) is 6.72. The maximum Gasteiger partial charge on any atom is 0.256 e. The number of aliphatic imine (C=N–C) groups is 1. The van der Waals surface area contributed by atoms with Gasteiger partial charge in [-0.25, -0.2) is 19.9 Å². The van der Waals surface area contributed by atoms with E-state index >= 15 is 4.39 Å². The zero-order chi connectivity index (χ0) is 26.0. The number of hydrogen-bond donors (Lipinski definition) is 1. The van der Waals surface area contributed by atoms with Gasteiger partial charge in [-0.05, 0) is 48.0 Å². The highest BCUT2D eigenvalue weighted by Gasteiger charge is 2.50. The predicted molar refractivity (Wildman–Crippen MR) is 132 cm³/mol. The Morgan fingerprint density at radius 1 is 0.737 bits per heavy atom. The molecule has 1 aromatic carbocycles. The van der Waals surface area contributed by atoms with Crippen LogP contribution in [0, 0.1) is 17.8 Å². The van der Waals surface area contributed by atoms with Crippen LogP contribution in [-0.4, -0.2) is 25.8 Å². The maximum atomic E-state index is 15.6. The van der Waals surface area contributed by atoms with E-state index < -0.39 is 23.4 Å². The van der Waals surface area contributed by atoms with Gasteiger partial charge in [0, 0.05) is 52.5 Å². The molecule has 2 N–H and O–H groups in total. The minimum absolute atomic E-state index is 0.145. The van der Waals surface area contributed by atoms with Gasteiger partial charge >= 0.3 is 0 Å². The van der Waals surface area contributed by atoms with Crippen molar-refractivity contribution in [2.45, 2.75) is 5.54 Å². The highest BCUT2D eigenvalue weighted by atomic mass is 19.1. The summed E-state index contributed by atoms with van der Waals surface area (Å²) in [5.41, 5.74) is 8.01. The summed E-state index contributed by atoms with van der Waals surface area (Å²) < 4.78 is 50.2. The molecule has 1 atom stereocenters. The second-order valence-corrected chi connectivity index (χ2v) is 8.80. The molecule has 0 fully saturated rings. The summed E-state index contributed by atoms with van der Waals surface area (Å²) in [7, 11) is 0. The van der Waals surface area contributed by atoms with Gasteiger partial charge in [0.25, 0.3) is 5.95 Å². The van der Waals surface area contributed by atoms with Gasteiger partial charge in [-0.3, -0.25) is 4.98 Å². The number of nitrogens with zero attached hydrogens (tertiary/aromatic N) is 5. The van der Waals surface area contributed by atoms with Crippen LogP contribution in [-0.2, 0) is 5.54 Å². The van der Waals surface area contributed by atoms with E-state index in [-0.39, 0.29) is 22.8 Å². The molecular formula is C28H15F3N6O. The van der Waals surface area contributed by atoms with Crippen LogP contribution in [0.15, 0.2) is 84.2 Å². The van der Waals surface area contributed by atoms with E-state index in [4.69, 9.17) is 15.5 Å². The number of ether oxygens (including phenoxy) is 1. The number of pyridine rings is 4. The molecule has 0 bridgehead atoms. The normalized spacial score (nSPS) is 16.9. The third kappa shape index (κ3) is 3.06. The predicted octanol–water partition coefficient (Wildman–Crippen LogP) is 5.13. The first-order valence-electron chi connectivity index (χ1n) is 11.5. The van der Waals surface area contributed by atoms with Crippen LogP contribution in [0.3, 0.4) is 0 Å². The average Bonchev–Trinajstić information content (AvgIpc) is 3.22. The van der Waals surface area contributed by atoms with Gasteiger partial charge in [0.15, 0.2) is 5.75 Å². The van der Waals surface area contributed by atoms with Crippen LogP contribution in [0.5, 0.6) is 11.5 Å². The molecule has 10 heteroatoms. The lowest BCUT2D eigenvalue weighted by molar-refractivity contribution is 0.385. The highest BCUT2D eigenvalue weighted by Crippen LogP contribution is 2.56. The molecule has 0 saturated heterocycles. The van der Waals surface area contributed by atoms with E-state index in [1.165, 1.54) is 18.5 Å². The Morgan fingerprint density at radius 3 is 2.42 bits per heavy atom. The van der Waals surface area contributed by atoms with Crippen molar-refractivity contribution in [2.75, 3.05) is 0 Å². The number of hydrogen-bond acceptors (Lipinski definition) is 7. The van der Waals surface area contributed by atoms with Crippen LogP contribution in [0.2, 0.25) is 0 Å². The number of amidine groups is 1. The van der Waals surface area contributed by atoms with E-state index in [1.54, 1.807) is 54.7 Å². The van der Waals surface area contributed by atoms with E-state index in [0.717, 1.165) is 6.07 Å². The molecule has 0 amide bonds. The first kappa shape index (κ1) is 22.1. The Balaban J connectivity index is 1.56. The van der Waals surface area contributed by atoms with Crippen molar-refractivity contribution in [3.63, 3.8) is 0 Å². The third-order valence-corrected chi connectivity index (χ3v) is 6.72. The number of nitrogens with two attached hydrogens (primary N) is 1. The van der Waals surface area contributed by atoms with Crippen molar-refractivity contribution < 1.29 is 17.9 Å². The maximum absolute atomic E-state index is 15.6. The molecule has 0 radical (unpaired) electrons. The average molecular weight is 508 g/mol. The van der Waals surface area contributed by atoms with Crippen LogP contribution in [0.25, 0.3) is 22.4 Å². The highest BCUT2D eigenvalue weighted by molar-refractivity contribution is 6.02. The summed E-state index contributed by atoms with van der Waals surface area (Å²) >= 11 is 0. The van der Waals surface area contributed by atoms with Gasteiger partial charge < -0.3 is 10.5 Å². The summed E-state index contributed by atoms with van der Waals surface area (Å²) in [4.78, 5) is 20.6. The zero-order valence-corrected chi connectivity index (χ0v) is 19.4. The van der Waals surface area contributed by atoms with E-state index in [9.17, 15) is 8.78 Å². The Kier molecular flexibility index (Phi) is 4.62. The molecule has 2 aliphatic rings. The minimum Gasteiger partial charge on any atom is -0.452 e. The Bertz CT molecular complexity index is 1830. The van der Waals surface area contributed by atoms with E-state index in [2.05, 4.69) is 19.9 Å². The SMILES string of the molecule is NC1=N[C@]2(c3cc(-c4cccnc4F)ccc3Oc3c2cc(-c2ccnc(F)c2)nc3F)c2cccnc21. The standard InChI is InChI=1S/C28H15F3N6O/c29-22-12-15(7-10-33-22)20-13-19-24(26(31)36-20)38-21-6-5-14(16-3-1-9-35-25(16)30)11-18(21)28(19)17-4-2-8-34-23(17)27(32)37-28/h1-13H,(H2,32,37)/t28-/m0/s1. The number of fused-ring (bicyclic) bond motifs is 6. The number of halogens is 3. The van der Waals surface area contributed by atoms with Crippen molar-refractivity contribution in [1.29, 1.82) is 0 Å². The molecule has 0 unspecified atom stereocenters. The number of aromatic nitrogens is 4. The van der Waals surface area contributed by atoms with Crippen LogP contribution < -0.4 is 10.5 Å². The summed E-state index contributed by atoms with van der Waals surface area (Å²) in [5.74, 6) is -2.00. The lowest BCUT2D eigenvalue weighted by atomic mass is 9.75. The second-order valence-electron chi connectivity index (χ2n) is 8.80. The largest absolute Gasteiger partial charge is 0.452 e. The monoisotopic (exact) mass is 508 g/mol. The first-order chi connectivity index (χ1) is 18.5. The zero-order valence-electron chi connectivity index (χ0n) is 19.4. The fourth-order valence-electron chi connectivity index (χ4n) is 5.11. The Morgan fingerprint density at radius 2 is 1.58 bits per heavy atom. The quantitative estimate of drug-likeness (QED) is 0.332.